The Morgan fingerprint density at radius 1 is 1.17 bits per heavy atom. The highest BCUT2D eigenvalue weighted by Crippen LogP contribution is 2.39. The van der Waals surface area contributed by atoms with Gasteiger partial charge in [0.1, 0.15) is 5.75 Å². The van der Waals surface area contributed by atoms with Gasteiger partial charge in [-0.2, -0.15) is 0 Å². The zero-order chi connectivity index (χ0) is 9.30. The Morgan fingerprint density at radius 2 is 1.75 bits per heavy atom. The summed E-state index contributed by atoms with van der Waals surface area (Å²) in [5.74, 6) is 0.266. The van der Waals surface area contributed by atoms with E-state index in [1.54, 1.807) is 6.07 Å². The highest BCUT2D eigenvalue weighted by Gasteiger charge is 2.10. The van der Waals surface area contributed by atoms with E-state index in [1.807, 2.05) is 6.92 Å². The number of halogens is 3. The van der Waals surface area contributed by atoms with Gasteiger partial charge in [-0.3, -0.25) is 0 Å². The van der Waals surface area contributed by atoms with E-state index in [9.17, 15) is 5.11 Å². The summed E-state index contributed by atoms with van der Waals surface area (Å²) in [4.78, 5) is 0. The van der Waals surface area contributed by atoms with Gasteiger partial charge in [-0.1, -0.05) is 6.92 Å². The van der Waals surface area contributed by atoms with E-state index in [1.165, 1.54) is 0 Å². The maximum absolute atomic E-state index is 9.44. The Bertz CT molecular complexity index is 310. The number of aryl methyl sites for hydroxylation is 1. The Balaban J connectivity index is 3.39. The van der Waals surface area contributed by atoms with Crippen molar-refractivity contribution in [3.63, 3.8) is 0 Å². The molecule has 0 aliphatic rings. The Kier molecular flexibility index (Phi) is 3.61. The van der Waals surface area contributed by atoms with E-state index in [0.717, 1.165) is 20.9 Å². The molecule has 0 unspecified atom stereocenters. The van der Waals surface area contributed by atoms with E-state index < -0.39 is 0 Å². The molecule has 1 aromatic carbocycles. The Morgan fingerprint density at radius 3 is 2.25 bits per heavy atom. The number of phenolic OH excluding ortho intramolecular Hbond substituents is 1. The molecule has 1 N–H and O–H groups in total. The molecule has 0 radical (unpaired) electrons. The fraction of sp³-hybridized carbons (Fsp3) is 0.250. The van der Waals surface area contributed by atoms with Crippen LogP contribution in [-0.4, -0.2) is 5.11 Å². The molecule has 4 heteroatoms. The first-order chi connectivity index (χ1) is 5.57. The van der Waals surface area contributed by atoms with Crippen molar-refractivity contribution in [3.05, 3.63) is 25.0 Å². The van der Waals surface area contributed by atoms with Gasteiger partial charge >= 0.3 is 0 Å². The van der Waals surface area contributed by atoms with Crippen LogP contribution in [0.1, 0.15) is 12.5 Å². The van der Waals surface area contributed by atoms with E-state index in [0.29, 0.717) is 4.47 Å². The molecule has 66 valence electrons. The summed E-state index contributed by atoms with van der Waals surface area (Å²) in [6.45, 7) is 2.04. The van der Waals surface area contributed by atoms with Gasteiger partial charge < -0.3 is 5.11 Å². The SMILES string of the molecule is CCc1cc(O)c(Br)c(Br)c1Br. The van der Waals surface area contributed by atoms with E-state index in [2.05, 4.69) is 47.8 Å². The number of rotatable bonds is 1. The summed E-state index contributed by atoms with van der Waals surface area (Å²) in [7, 11) is 0. The first-order valence-corrected chi connectivity index (χ1v) is 5.81. The first kappa shape index (κ1) is 10.5. The summed E-state index contributed by atoms with van der Waals surface area (Å²) in [5.41, 5.74) is 1.09. The maximum atomic E-state index is 9.44. The summed E-state index contributed by atoms with van der Waals surface area (Å²) >= 11 is 10.1. The van der Waals surface area contributed by atoms with Crippen LogP contribution >= 0.6 is 47.8 Å². The predicted octanol–water partition coefficient (Wildman–Crippen LogP) is 4.24. The second kappa shape index (κ2) is 4.11. The second-order valence-corrected chi connectivity index (χ2v) is 4.73. The fourth-order valence-corrected chi connectivity index (χ4v) is 2.53. The molecule has 12 heavy (non-hydrogen) atoms. The van der Waals surface area contributed by atoms with E-state index in [4.69, 9.17) is 0 Å². The van der Waals surface area contributed by atoms with Crippen molar-refractivity contribution < 1.29 is 5.11 Å². The second-order valence-electron chi connectivity index (χ2n) is 2.35. The van der Waals surface area contributed by atoms with Gasteiger partial charge in [-0.15, -0.1) is 0 Å². The molecule has 0 aromatic heterocycles. The minimum absolute atomic E-state index is 0.266. The van der Waals surface area contributed by atoms with Gasteiger partial charge in [0.05, 0.1) is 4.47 Å². The standard InChI is InChI=1S/C8H7Br3O/c1-2-4-3-5(12)7(10)8(11)6(4)9/h3,12H,2H2,1H3. The van der Waals surface area contributed by atoms with Gasteiger partial charge in [0.25, 0.3) is 0 Å². The topological polar surface area (TPSA) is 20.2 Å². The zero-order valence-corrected chi connectivity index (χ0v) is 11.1. The fourth-order valence-electron chi connectivity index (χ4n) is 0.899. The normalized spacial score (nSPS) is 10.3. The molecule has 0 aliphatic carbocycles. The van der Waals surface area contributed by atoms with E-state index >= 15 is 0 Å². The highest BCUT2D eigenvalue weighted by molar-refractivity contribution is 9.14. The molecule has 0 amide bonds. The quantitative estimate of drug-likeness (QED) is 0.744. The molecule has 0 atom stereocenters. The van der Waals surface area contributed by atoms with Crippen LogP contribution in [0.3, 0.4) is 0 Å². The molecule has 0 heterocycles. The molecule has 0 saturated carbocycles. The third-order valence-electron chi connectivity index (χ3n) is 1.58. The molecule has 1 aromatic rings. The highest BCUT2D eigenvalue weighted by atomic mass is 79.9. The molecule has 0 saturated heterocycles. The maximum Gasteiger partial charge on any atom is 0.131 e. The summed E-state index contributed by atoms with van der Waals surface area (Å²) in [6, 6.07) is 1.75. The van der Waals surface area contributed by atoms with Crippen LogP contribution in [0, 0.1) is 0 Å². The largest absolute Gasteiger partial charge is 0.507 e. The average molecular weight is 359 g/mol. The Hall–Kier alpha value is 0.460. The lowest BCUT2D eigenvalue weighted by Gasteiger charge is -2.07. The molecule has 0 fully saturated rings. The van der Waals surface area contributed by atoms with Crippen molar-refractivity contribution in [2.75, 3.05) is 0 Å². The van der Waals surface area contributed by atoms with Gasteiger partial charge in [0, 0.05) is 8.95 Å². The third kappa shape index (κ3) is 1.86. The first-order valence-electron chi connectivity index (χ1n) is 3.43. The zero-order valence-electron chi connectivity index (χ0n) is 6.37. The van der Waals surface area contributed by atoms with Gasteiger partial charge in [-0.25, -0.2) is 0 Å². The van der Waals surface area contributed by atoms with Crippen LogP contribution in [0.25, 0.3) is 0 Å². The summed E-state index contributed by atoms with van der Waals surface area (Å²) in [5, 5.41) is 9.44. The lowest BCUT2D eigenvalue weighted by molar-refractivity contribution is 0.470. The molecular weight excluding hydrogens is 352 g/mol. The van der Waals surface area contributed by atoms with Crippen LogP contribution in [0.4, 0.5) is 0 Å². The molecule has 1 rings (SSSR count). The minimum atomic E-state index is 0.266. The van der Waals surface area contributed by atoms with E-state index in [-0.39, 0.29) is 5.75 Å². The summed E-state index contributed by atoms with van der Waals surface area (Å²) in [6.07, 6.45) is 0.889. The monoisotopic (exact) mass is 356 g/mol. The van der Waals surface area contributed by atoms with Crippen LogP contribution in [0.2, 0.25) is 0 Å². The van der Waals surface area contributed by atoms with Gasteiger partial charge in [0.2, 0.25) is 0 Å². The number of aromatic hydroxyl groups is 1. The van der Waals surface area contributed by atoms with Crippen LogP contribution in [0.15, 0.2) is 19.5 Å². The smallest absolute Gasteiger partial charge is 0.131 e. The van der Waals surface area contributed by atoms with Crippen LogP contribution in [-0.2, 0) is 6.42 Å². The van der Waals surface area contributed by atoms with Crippen molar-refractivity contribution in [2.24, 2.45) is 0 Å². The molecule has 0 spiro atoms. The molecule has 0 aliphatic heterocycles. The van der Waals surface area contributed by atoms with Crippen LogP contribution in [0.5, 0.6) is 5.75 Å². The molecule has 1 nitrogen and oxygen atoms in total. The third-order valence-corrected chi connectivity index (χ3v) is 5.15. The van der Waals surface area contributed by atoms with Crippen molar-refractivity contribution in [3.8, 4) is 5.75 Å². The molecular formula is C8H7Br3O. The predicted molar refractivity (Wildman–Crippen MR) is 60.6 cm³/mol. The van der Waals surface area contributed by atoms with Crippen molar-refractivity contribution in [2.45, 2.75) is 13.3 Å². The lowest BCUT2D eigenvalue weighted by Crippen LogP contribution is -1.85. The summed E-state index contributed by atoms with van der Waals surface area (Å²) < 4.78 is 2.54. The van der Waals surface area contributed by atoms with Gasteiger partial charge in [-0.05, 0) is 65.8 Å². The molecule has 0 bridgehead atoms. The van der Waals surface area contributed by atoms with Crippen LogP contribution < -0.4 is 0 Å². The Labute approximate surface area is 96.6 Å². The number of hydrogen-bond acceptors (Lipinski definition) is 1. The number of hydrogen-bond donors (Lipinski definition) is 1. The number of benzene rings is 1. The lowest BCUT2D eigenvalue weighted by atomic mass is 10.2. The van der Waals surface area contributed by atoms with Crippen molar-refractivity contribution in [1.82, 2.24) is 0 Å². The number of phenols is 1. The van der Waals surface area contributed by atoms with Gasteiger partial charge in [0.15, 0.2) is 0 Å². The van der Waals surface area contributed by atoms with Crippen molar-refractivity contribution >= 4 is 47.8 Å². The minimum Gasteiger partial charge on any atom is -0.507 e. The average Bonchev–Trinajstić information content (AvgIpc) is 2.08. The van der Waals surface area contributed by atoms with Crippen molar-refractivity contribution in [1.29, 1.82) is 0 Å².